The average Bonchev–Trinajstić information content (AvgIpc) is 2.64. The quantitative estimate of drug-likeness (QED) is 0.790. The number of benzene rings is 1. The molecule has 2 heterocycles. The minimum Gasteiger partial charge on any atom is -0.379 e. The number of ether oxygens (including phenoxy) is 2. The Morgan fingerprint density at radius 2 is 2.16 bits per heavy atom. The van der Waals surface area contributed by atoms with E-state index < -0.39 is 0 Å². The van der Waals surface area contributed by atoms with Gasteiger partial charge in [-0.2, -0.15) is 0 Å². The van der Waals surface area contributed by atoms with Gasteiger partial charge in [-0.3, -0.25) is 9.69 Å². The van der Waals surface area contributed by atoms with Gasteiger partial charge in [-0.25, -0.2) is 4.39 Å². The van der Waals surface area contributed by atoms with Crippen molar-refractivity contribution in [3.63, 3.8) is 0 Å². The minimum atomic E-state index is -0.259. The highest BCUT2D eigenvalue weighted by Gasteiger charge is 2.24. The molecule has 25 heavy (non-hydrogen) atoms. The molecule has 2 aliphatic rings. The summed E-state index contributed by atoms with van der Waals surface area (Å²) in [6, 6.07) is 6.61. The Balaban J connectivity index is 1.59. The Bertz CT molecular complexity index is 560. The van der Waals surface area contributed by atoms with Crippen molar-refractivity contribution in [2.45, 2.75) is 18.5 Å². The fourth-order valence-electron chi connectivity index (χ4n) is 3.32. The zero-order chi connectivity index (χ0) is 17.5. The zero-order valence-electron chi connectivity index (χ0n) is 14.4. The second kappa shape index (κ2) is 9.24. The van der Waals surface area contributed by atoms with Gasteiger partial charge in [0.15, 0.2) is 0 Å². The Labute approximate surface area is 147 Å². The third-order valence-electron chi connectivity index (χ3n) is 4.64. The molecule has 6 nitrogen and oxygen atoms in total. The number of hydrogen-bond donors (Lipinski definition) is 2. The number of nitrogens with one attached hydrogen (secondary N) is 2. The smallest absolute Gasteiger partial charge is 0.221 e. The van der Waals surface area contributed by atoms with Crippen molar-refractivity contribution in [2.75, 3.05) is 52.6 Å². The summed E-state index contributed by atoms with van der Waals surface area (Å²) in [6.07, 6.45) is 0.388. The van der Waals surface area contributed by atoms with Crippen molar-refractivity contribution in [1.82, 2.24) is 15.5 Å². The van der Waals surface area contributed by atoms with E-state index in [1.807, 2.05) is 6.07 Å². The average molecular weight is 351 g/mol. The van der Waals surface area contributed by atoms with Crippen molar-refractivity contribution in [3.05, 3.63) is 35.6 Å². The van der Waals surface area contributed by atoms with Crippen LogP contribution in [0.4, 0.5) is 4.39 Å². The number of rotatable bonds is 6. The second-order valence-corrected chi connectivity index (χ2v) is 6.45. The second-order valence-electron chi connectivity index (χ2n) is 6.45. The first-order valence-electron chi connectivity index (χ1n) is 8.87. The number of morpholine rings is 2. The van der Waals surface area contributed by atoms with Crippen LogP contribution in [0.3, 0.4) is 0 Å². The third-order valence-corrected chi connectivity index (χ3v) is 4.64. The molecule has 0 aromatic heterocycles. The monoisotopic (exact) mass is 351 g/mol. The number of amides is 1. The summed E-state index contributed by atoms with van der Waals surface area (Å²) in [5.74, 6) is -0.275. The molecule has 0 spiro atoms. The summed E-state index contributed by atoms with van der Waals surface area (Å²) in [5.41, 5.74) is 0.876. The number of carbonyl (C=O) groups excluding carboxylic acids is 1. The normalized spacial score (nSPS) is 23.2. The molecule has 0 saturated carbocycles. The molecule has 0 radical (unpaired) electrons. The Hall–Kier alpha value is -1.54. The van der Waals surface area contributed by atoms with Crippen LogP contribution in [-0.2, 0) is 14.3 Å². The van der Waals surface area contributed by atoms with Gasteiger partial charge in [0.25, 0.3) is 0 Å². The molecule has 7 heteroatoms. The predicted molar refractivity (Wildman–Crippen MR) is 91.8 cm³/mol. The molecule has 1 aromatic rings. The van der Waals surface area contributed by atoms with Crippen LogP contribution >= 0.6 is 0 Å². The molecule has 0 bridgehead atoms. The molecular formula is C18H26FN3O3. The van der Waals surface area contributed by atoms with Crippen LogP contribution in [0, 0.1) is 5.82 Å². The van der Waals surface area contributed by atoms with Crippen molar-refractivity contribution in [3.8, 4) is 0 Å². The summed E-state index contributed by atoms with van der Waals surface area (Å²) in [6.45, 7) is 5.34. The lowest BCUT2D eigenvalue weighted by atomic mass is 10.0. The first kappa shape index (κ1) is 18.3. The van der Waals surface area contributed by atoms with Gasteiger partial charge in [-0.05, 0) is 17.7 Å². The molecule has 2 saturated heterocycles. The van der Waals surface area contributed by atoms with Crippen LogP contribution in [0.15, 0.2) is 24.3 Å². The van der Waals surface area contributed by atoms with Crippen LogP contribution in [-0.4, -0.2) is 69.5 Å². The Morgan fingerprint density at radius 3 is 2.88 bits per heavy atom. The van der Waals surface area contributed by atoms with E-state index in [1.165, 1.54) is 6.07 Å². The molecule has 0 aliphatic carbocycles. The summed E-state index contributed by atoms with van der Waals surface area (Å²) >= 11 is 0. The summed E-state index contributed by atoms with van der Waals surface area (Å²) in [5, 5.41) is 6.28. The molecule has 2 N–H and O–H groups in total. The highest BCUT2D eigenvalue weighted by molar-refractivity contribution is 5.76. The van der Waals surface area contributed by atoms with Crippen LogP contribution in [0.2, 0.25) is 0 Å². The van der Waals surface area contributed by atoms with Gasteiger partial charge in [-0.15, -0.1) is 0 Å². The third kappa shape index (κ3) is 5.47. The van der Waals surface area contributed by atoms with Gasteiger partial charge in [0.2, 0.25) is 5.91 Å². The summed E-state index contributed by atoms with van der Waals surface area (Å²) in [4.78, 5) is 14.5. The van der Waals surface area contributed by atoms with Gasteiger partial charge in [0, 0.05) is 38.6 Å². The van der Waals surface area contributed by atoms with E-state index in [2.05, 4.69) is 15.5 Å². The lowest BCUT2D eigenvalue weighted by Gasteiger charge is -2.35. The number of nitrogens with zero attached hydrogens (tertiary/aromatic N) is 1. The van der Waals surface area contributed by atoms with Gasteiger partial charge in [-0.1, -0.05) is 12.1 Å². The topological polar surface area (TPSA) is 62.8 Å². The highest BCUT2D eigenvalue weighted by Crippen LogP contribution is 2.22. The predicted octanol–water partition coefficient (Wildman–Crippen LogP) is 0.694. The largest absolute Gasteiger partial charge is 0.379 e. The maximum absolute atomic E-state index is 13.6. The molecule has 1 amide bonds. The van der Waals surface area contributed by atoms with E-state index >= 15 is 0 Å². The van der Waals surface area contributed by atoms with E-state index in [4.69, 9.17) is 9.47 Å². The van der Waals surface area contributed by atoms with E-state index in [0.717, 1.165) is 25.2 Å². The molecule has 2 atom stereocenters. The van der Waals surface area contributed by atoms with Crippen molar-refractivity contribution in [1.29, 1.82) is 0 Å². The maximum atomic E-state index is 13.6. The van der Waals surface area contributed by atoms with Gasteiger partial charge in [0.05, 0.1) is 32.5 Å². The van der Waals surface area contributed by atoms with Crippen LogP contribution in [0.1, 0.15) is 18.0 Å². The number of halogens is 1. The fourth-order valence-corrected chi connectivity index (χ4v) is 3.32. The maximum Gasteiger partial charge on any atom is 0.221 e. The van der Waals surface area contributed by atoms with Gasteiger partial charge < -0.3 is 20.1 Å². The standard InChI is InChI=1S/C18H26FN3O3/c19-15-3-1-2-14(10-15)17(22-5-8-24-9-6-22)12-21-18(23)11-16-13-25-7-4-20-16/h1-3,10,16-17,20H,4-9,11-13H2,(H,21,23). The number of hydrogen-bond acceptors (Lipinski definition) is 5. The van der Waals surface area contributed by atoms with Crippen LogP contribution < -0.4 is 10.6 Å². The highest BCUT2D eigenvalue weighted by atomic mass is 19.1. The van der Waals surface area contributed by atoms with Gasteiger partial charge in [0.1, 0.15) is 5.82 Å². The lowest BCUT2D eigenvalue weighted by Crippen LogP contribution is -2.46. The van der Waals surface area contributed by atoms with E-state index in [-0.39, 0.29) is 23.8 Å². The first-order chi connectivity index (χ1) is 12.2. The molecule has 3 rings (SSSR count). The van der Waals surface area contributed by atoms with Crippen LogP contribution in [0.25, 0.3) is 0 Å². The van der Waals surface area contributed by atoms with E-state index in [1.54, 1.807) is 12.1 Å². The summed E-state index contributed by atoms with van der Waals surface area (Å²) in [7, 11) is 0. The van der Waals surface area contributed by atoms with Crippen LogP contribution in [0.5, 0.6) is 0 Å². The fraction of sp³-hybridized carbons (Fsp3) is 0.611. The lowest BCUT2D eigenvalue weighted by molar-refractivity contribution is -0.122. The molecule has 2 aliphatic heterocycles. The zero-order valence-corrected chi connectivity index (χ0v) is 14.4. The molecule has 2 unspecified atom stereocenters. The van der Waals surface area contributed by atoms with E-state index in [0.29, 0.717) is 39.4 Å². The van der Waals surface area contributed by atoms with E-state index in [9.17, 15) is 9.18 Å². The van der Waals surface area contributed by atoms with Gasteiger partial charge >= 0.3 is 0 Å². The summed E-state index contributed by atoms with van der Waals surface area (Å²) < 4.78 is 24.4. The van der Waals surface area contributed by atoms with Crippen molar-refractivity contribution >= 4 is 5.91 Å². The SMILES string of the molecule is O=C(CC1COCCN1)NCC(c1cccc(F)c1)N1CCOCC1. The molecule has 1 aromatic carbocycles. The molecule has 2 fully saturated rings. The Morgan fingerprint density at radius 1 is 1.32 bits per heavy atom. The van der Waals surface area contributed by atoms with Crippen molar-refractivity contribution in [2.24, 2.45) is 0 Å². The van der Waals surface area contributed by atoms with Crippen molar-refractivity contribution < 1.29 is 18.7 Å². The first-order valence-corrected chi connectivity index (χ1v) is 8.87. The minimum absolute atomic E-state index is 0.0161. The number of carbonyl (C=O) groups is 1. The molecule has 138 valence electrons. The Kier molecular flexibility index (Phi) is 6.75. The molecular weight excluding hydrogens is 325 g/mol.